The minimum absolute atomic E-state index is 0.0343. The molecular formula is C23H20Cl2FN3O3S. The molecule has 0 spiro atoms. The van der Waals surface area contributed by atoms with Crippen LogP contribution in [0.15, 0.2) is 76.7 Å². The molecule has 6 nitrogen and oxygen atoms in total. The summed E-state index contributed by atoms with van der Waals surface area (Å²) in [6.07, 6.45) is 1.34. The summed E-state index contributed by atoms with van der Waals surface area (Å²) in [5, 5.41) is 4.32. The van der Waals surface area contributed by atoms with Crippen LogP contribution in [-0.2, 0) is 21.4 Å². The van der Waals surface area contributed by atoms with Crippen LogP contribution >= 0.6 is 23.2 Å². The Morgan fingerprint density at radius 1 is 1.03 bits per heavy atom. The van der Waals surface area contributed by atoms with Crippen LogP contribution in [0.2, 0.25) is 10.0 Å². The second-order valence-electron chi connectivity index (χ2n) is 7.10. The van der Waals surface area contributed by atoms with Crippen LogP contribution in [0.5, 0.6) is 0 Å². The number of carbonyl (C=O) groups is 1. The Balaban J connectivity index is 1.85. The maximum Gasteiger partial charge on any atom is 0.255 e. The van der Waals surface area contributed by atoms with Gasteiger partial charge < -0.3 is 0 Å². The standard InChI is InChI=1S/C23H20Cl2FN3O3S/c1-16-9-11-18(12-10-16)33(31,32)29(14-19-21(25)7-4-8-22(19)26)15-23(30)28-27-13-17-5-2-3-6-20(17)24/h2-13H,14-15H2,1H3,(H,28,30)/b27-13-. The highest BCUT2D eigenvalue weighted by molar-refractivity contribution is 7.89. The van der Waals surface area contributed by atoms with Crippen molar-refractivity contribution in [2.45, 2.75) is 18.4 Å². The summed E-state index contributed by atoms with van der Waals surface area (Å²) in [7, 11) is -4.15. The third-order valence-electron chi connectivity index (χ3n) is 4.67. The second-order valence-corrected chi connectivity index (χ2v) is 9.85. The maximum absolute atomic E-state index is 14.4. The molecule has 0 atom stereocenters. The fraction of sp³-hybridized carbons (Fsp3) is 0.130. The highest BCUT2D eigenvalue weighted by Crippen LogP contribution is 2.24. The first kappa shape index (κ1) is 24.9. The van der Waals surface area contributed by atoms with E-state index in [4.69, 9.17) is 23.2 Å². The van der Waals surface area contributed by atoms with Gasteiger partial charge in [0.1, 0.15) is 5.82 Å². The number of rotatable bonds is 8. The summed E-state index contributed by atoms with van der Waals surface area (Å²) in [5.41, 5.74) is 3.67. The van der Waals surface area contributed by atoms with Gasteiger partial charge in [-0.25, -0.2) is 18.2 Å². The first-order valence-electron chi connectivity index (χ1n) is 9.74. The predicted octanol–water partition coefficient (Wildman–Crippen LogP) is 4.78. The van der Waals surface area contributed by atoms with Crippen molar-refractivity contribution >= 4 is 45.3 Å². The third-order valence-corrected chi connectivity index (χ3v) is 7.18. The molecule has 3 aromatic carbocycles. The van der Waals surface area contributed by atoms with Crippen LogP contribution in [0.4, 0.5) is 4.39 Å². The zero-order valence-electron chi connectivity index (χ0n) is 17.5. The van der Waals surface area contributed by atoms with E-state index in [0.717, 1.165) is 9.87 Å². The lowest BCUT2D eigenvalue weighted by molar-refractivity contribution is -0.121. The number of nitrogens with one attached hydrogen (secondary N) is 1. The number of hydrogen-bond donors (Lipinski definition) is 1. The van der Waals surface area contributed by atoms with Crippen molar-refractivity contribution in [3.63, 3.8) is 0 Å². The van der Waals surface area contributed by atoms with Crippen molar-refractivity contribution in [1.82, 2.24) is 9.73 Å². The van der Waals surface area contributed by atoms with Gasteiger partial charge in [0.05, 0.1) is 17.7 Å². The van der Waals surface area contributed by atoms with E-state index in [1.165, 1.54) is 36.5 Å². The lowest BCUT2D eigenvalue weighted by Crippen LogP contribution is -2.39. The molecule has 0 heterocycles. The molecule has 0 aliphatic heterocycles. The number of amides is 1. The van der Waals surface area contributed by atoms with Crippen molar-refractivity contribution in [2.24, 2.45) is 5.10 Å². The quantitative estimate of drug-likeness (QED) is 0.351. The van der Waals surface area contributed by atoms with Gasteiger partial charge in [0, 0.05) is 27.7 Å². The zero-order valence-corrected chi connectivity index (χ0v) is 19.8. The average molecular weight is 508 g/mol. The van der Waals surface area contributed by atoms with Crippen LogP contribution in [0.3, 0.4) is 0 Å². The first-order chi connectivity index (χ1) is 15.7. The van der Waals surface area contributed by atoms with Crippen molar-refractivity contribution in [3.8, 4) is 0 Å². The molecule has 0 unspecified atom stereocenters. The second kappa shape index (κ2) is 10.9. The Bertz CT molecular complexity index is 1260. The summed E-state index contributed by atoms with van der Waals surface area (Å²) in [6.45, 7) is 0.766. The van der Waals surface area contributed by atoms with Gasteiger partial charge in [0.15, 0.2) is 0 Å². The largest absolute Gasteiger partial charge is 0.272 e. The van der Waals surface area contributed by atoms with Crippen LogP contribution in [0, 0.1) is 12.7 Å². The number of benzene rings is 3. The van der Waals surface area contributed by atoms with Crippen molar-refractivity contribution in [3.05, 3.63) is 99.3 Å². The van der Waals surface area contributed by atoms with Gasteiger partial charge in [0.25, 0.3) is 5.91 Å². The molecule has 3 rings (SSSR count). The van der Waals surface area contributed by atoms with E-state index < -0.39 is 34.8 Å². The number of halogens is 3. The molecule has 0 aliphatic carbocycles. The number of nitrogens with zero attached hydrogens (tertiary/aromatic N) is 2. The van der Waals surface area contributed by atoms with Crippen molar-refractivity contribution < 1.29 is 17.6 Å². The molecule has 0 fully saturated rings. The Morgan fingerprint density at radius 2 is 1.70 bits per heavy atom. The zero-order chi connectivity index (χ0) is 24.0. The van der Waals surface area contributed by atoms with E-state index in [9.17, 15) is 17.6 Å². The fourth-order valence-corrected chi connectivity index (χ4v) is 4.67. The molecular weight excluding hydrogens is 488 g/mol. The van der Waals surface area contributed by atoms with Gasteiger partial charge in [-0.3, -0.25) is 4.79 Å². The third kappa shape index (κ3) is 6.39. The number of aryl methyl sites for hydroxylation is 1. The molecule has 33 heavy (non-hydrogen) atoms. The molecule has 1 amide bonds. The highest BCUT2D eigenvalue weighted by Gasteiger charge is 2.28. The van der Waals surface area contributed by atoms with Gasteiger partial charge in [0.2, 0.25) is 10.0 Å². The Labute approximate surface area is 201 Å². The monoisotopic (exact) mass is 507 g/mol. The fourth-order valence-electron chi connectivity index (χ4n) is 2.89. The summed E-state index contributed by atoms with van der Waals surface area (Å²) >= 11 is 12.1. The Hall–Kier alpha value is -2.78. The molecule has 0 radical (unpaired) electrons. The van der Waals surface area contributed by atoms with Crippen LogP contribution in [0.1, 0.15) is 16.7 Å². The van der Waals surface area contributed by atoms with Crippen LogP contribution in [-0.4, -0.2) is 31.4 Å². The molecule has 0 aromatic heterocycles. The summed E-state index contributed by atoms with van der Waals surface area (Å²) in [5.74, 6) is -1.40. The van der Waals surface area contributed by atoms with E-state index >= 15 is 0 Å². The first-order valence-corrected chi connectivity index (χ1v) is 11.9. The minimum atomic E-state index is -4.15. The highest BCUT2D eigenvalue weighted by atomic mass is 35.5. The lowest BCUT2D eigenvalue weighted by atomic mass is 10.2. The van der Waals surface area contributed by atoms with Gasteiger partial charge in [-0.1, -0.05) is 65.2 Å². The molecule has 172 valence electrons. The lowest BCUT2D eigenvalue weighted by Gasteiger charge is -2.22. The summed E-state index contributed by atoms with van der Waals surface area (Å²) in [6, 6.07) is 17.0. The van der Waals surface area contributed by atoms with E-state index in [1.807, 2.05) is 6.92 Å². The average Bonchev–Trinajstić information content (AvgIpc) is 2.77. The predicted molar refractivity (Wildman–Crippen MR) is 127 cm³/mol. The van der Waals surface area contributed by atoms with Gasteiger partial charge in [-0.05, 0) is 37.3 Å². The molecule has 0 saturated heterocycles. The smallest absolute Gasteiger partial charge is 0.255 e. The Kier molecular flexibility index (Phi) is 8.20. The number of sulfonamides is 1. The van der Waals surface area contributed by atoms with Gasteiger partial charge in [-0.2, -0.15) is 9.41 Å². The van der Waals surface area contributed by atoms with Gasteiger partial charge in [-0.15, -0.1) is 0 Å². The molecule has 0 bridgehead atoms. The topological polar surface area (TPSA) is 78.8 Å². The normalized spacial score (nSPS) is 11.8. The van der Waals surface area contributed by atoms with Crippen molar-refractivity contribution in [1.29, 1.82) is 0 Å². The summed E-state index contributed by atoms with van der Waals surface area (Å²) in [4.78, 5) is 12.5. The van der Waals surface area contributed by atoms with E-state index in [2.05, 4.69) is 10.5 Å². The summed E-state index contributed by atoms with van der Waals surface area (Å²) < 4.78 is 41.8. The minimum Gasteiger partial charge on any atom is -0.272 e. The van der Waals surface area contributed by atoms with Crippen LogP contribution < -0.4 is 5.43 Å². The van der Waals surface area contributed by atoms with Crippen molar-refractivity contribution in [2.75, 3.05) is 6.54 Å². The van der Waals surface area contributed by atoms with E-state index in [1.54, 1.807) is 36.4 Å². The number of hydrogen-bond acceptors (Lipinski definition) is 4. The Morgan fingerprint density at radius 3 is 2.36 bits per heavy atom. The van der Waals surface area contributed by atoms with E-state index in [-0.39, 0.29) is 15.5 Å². The SMILES string of the molecule is Cc1ccc(S(=O)(=O)N(CC(=O)N/N=C\c2ccccc2Cl)Cc2c(F)cccc2Cl)cc1. The van der Waals surface area contributed by atoms with Gasteiger partial charge >= 0.3 is 0 Å². The maximum atomic E-state index is 14.4. The molecule has 0 aliphatic rings. The van der Waals surface area contributed by atoms with E-state index in [0.29, 0.717) is 10.6 Å². The molecule has 3 aromatic rings. The number of carbonyl (C=O) groups excluding carboxylic acids is 1. The van der Waals surface area contributed by atoms with Crippen LogP contribution in [0.25, 0.3) is 0 Å². The number of hydrazone groups is 1. The molecule has 0 saturated carbocycles. The molecule has 10 heteroatoms. The molecule has 1 N–H and O–H groups in total.